The third-order valence-corrected chi connectivity index (χ3v) is 3.53. The number of hydrogen-bond acceptors (Lipinski definition) is 2. The molecule has 0 aliphatic rings. The Balaban J connectivity index is 2.81. The van der Waals surface area contributed by atoms with Crippen molar-refractivity contribution in [3.05, 3.63) is 34.2 Å². The maximum absolute atomic E-state index is 8.79. The van der Waals surface area contributed by atoms with Crippen LogP contribution in [0.25, 0.3) is 10.1 Å². The first-order valence-corrected chi connectivity index (χ1v) is 5.45. The van der Waals surface area contributed by atoms with Crippen molar-refractivity contribution < 1.29 is 0 Å². The average molecular weight is 201 g/mol. The first kappa shape index (κ1) is 9.23. The average Bonchev–Trinajstić information content (AvgIpc) is 2.60. The van der Waals surface area contributed by atoms with Gasteiger partial charge >= 0.3 is 0 Å². The summed E-state index contributed by atoms with van der Waals surface area (Å²) in [6.07, 6.45) is 0.515. The van der Waals surface area contributed by atoms with E-state index >= 15 is 0 Å². The fraction of sp³-hybridized carbons (Fsp3) is 0.250. The molecule has 0 saturated heterocycles. The van der Waals surface area contributed by atoms with Crippen LogP contribution in [0.3, 0.4) is 0 Å². The monoisotopic (exact) mass is 201 g/mol. The van der Waals surface area contributed by atoms with Gasteiger partial charge < -0.3 is 0 Å². The van der Waals surface area contributed by atoms with E-state index in [1.54, 1.807) is 11.3 Å². The van der Waals surface area contributed by atoms with Crippen molar-refractivity contribution in [2.24, 2.45) is 0 Å². The summed E-state index contributed by atoms with van der Waals surface area (Å²) in [5.41, 5.74) is 3.74. The van der Waals surface area contributed by atoms with Crippen molar-refractivity contribution in [2.75, 3.05) is 0 Å². The second-order valence-electron chi connectivity index (χ2n) is 3.46. The predicted octanol–water partition coefficient (Wildman–Crippen LogP) is 3.58. The number of benzene rings is 1. The molecule has 0 saturated carbocycles. The molecule has 0 N–H and O–H groups in total. The topological polar surface area (TPSA) is 23.8 Å². The van der Waals surface area contributed by atoms with Gasteiger partial charge in [-0.25, -0.2) is 0 Å². The number of rotatable bonds is 1. The molecule has 0 bridgehead atoms. The third-order valence-electron chi connectivity index (χ3n) is 2.67. The van der Waals surface area contributed by atoms with Gasteiger partial charge in [0.25, 0.3) is 0 Å². The lowest BCUT2D eigenvalue weighted by Crippen LogP contribution is -1.91. The fourth-order valence-corrected chi connectivity index (χ4v) is 2.65. The summed E-state index contributed by atoms with van der Waals surface area (Å²) in [5, 5.41) is 12.1. The molecule has 0 amide bonds. The minimum atomic E-state index is 0.515. The van der Waals surface area contributed by atoms with Crippen molar-refractivity contribution in [2.45, 2.75) is 20.3 Å². The van der Waals surface area contributed by atoms with E-state index in [0.717, 1.165) is 0 Å². The molecule has 0 aliphatic heterocycles. The zero-order chi connectivity index (χ0) is 10.1. The molecule has 0 unspecified atom stereocenters. The van der Waals surface area contributed by atoms with Crippen LogP contribution in [0.15, 0.2) is 17.5 Å². The molecule has 0 atom stereocenters. The summed E-state index contributed by atoms with van der Waals surface area (Å²) in [6, 6.07) is 6.55. The molecule has 70 valence electrons. The Bertz CT molecular complexity index is 517. The maximum Gasteiger partial charge on any atom is 0.0670 e. The fourth-order valence-electron chi connectivity index (χ4n) is 1.73. The normalized spacial score (nSPS) is 10.4. The standard InChI is InChI=1S/C12H11NS/c1-8-7-12-11(4-6-14-12)10(3-5-13)9(8)2/h4,6-7H,3H2,1-2H3. The van der Waals surface area contributed by atoms with Gasteiger partial charge in [0, 0.05) is 4.70 Å². The van der Waals surface area contributed by atoms with Crippen molar-refractivity contribution in [3.63, 3.8) is 0 Å². The summed E-state index contributed by atoms with van der Waals surface area (Å²) in [5.74, 6) is 0. The molecule has 1 heterocycles. The SMILES string of the molecule is Cc1cc2sccc2c(CC#N)c1C. The number of aryl methyl sites for hydroxylation is 1. The second kappa shape index (κ2) is 3.43. The molecule has 2 heteroatoms. The molecular formula is C12H11NS. The van der Waals surface area contributed by atoms with Gasteiger partial charge in [-0.15, -0.1) is 11.3 Å². The van der Waals surface area contributed by atoms with Crippen molar-refractivity contribution in [1.82, 2.24) is 0 Å². The summed E-state index contributed by atoms with van der Waals surface area (Å²) in [4.78, 5) is 0. The van der Waals surface area contributed by atoms with Gasteiger partial charge in [-0.05, 0) is 53.4 Å². The van der Waals surface area contributed by atoms with Gasteiger partial charge in [-0.3, -0.25) is 0 Å². The number of thiophene rings is 1. The minimum Gasteiger partial charge on any atom is -0.198 e. The van der Waals surface area contributed by atoms with Gasteiger partial charge in [0.1, 0.15) is 0 Å². The highest BCUT2D eigenvalue weighted by atomic mass is 32.1. The van der Waals surface area contributed by atoms with Crippen LogP contribution in [-0.2, 0) is 6.42 Å². The summed E-state index contributed by atoms with van der Waals surface area (Å²) >= 11 is 1.74. The predicted molar refractivity (Wildman–Crippen MR) is 60.6 cm³/mol. The number of fused-ring (bicyclic) bond motifs is 1. The second-order valence-corrected chi connectivity index (χ2v) is 4.41. The van der Waals surface area contributed by atoms with Crippen LogP contribution in [0.2, 0.25) is 0 Å². The van der Waals surface area contributed by atoms with Crippen molar-refractivity contribution in [1.29, 1.82) is 5.26 Å². The zero-order valence-electron chi connectivity index (χ0n) is 8.29. The van der Waals surface area contributed by atoms with Crippen molar-refractivity contribution >= 4 is 21.4 Å². The lowest BCUT2D eigenvalue weighted by molar-refractivity contribution is 1.21. The maximum atomic E-state index is 8.79. The molecule has 0 spiro atoms. The van der Waals surface area contributed by atoms with Gasteiger partial charge in [0.15, 0.2) is 0 Å². The van der Waals surface area contributed by atoms with Crippen LogP contribution in [-0.4, -0.2) is 0 Å². The minimum absolute atomic E-state index is 0.515. The van der Waals surface area contributed by atoms with Gasteiger partial charge in [-0.2, -0.15) is 5.26 Å². The van der Waals surface area contributed by atoms with Gasteiger partial charge in [0.05, 0.1) is 12.5 Å². The first-order valence-electron chi connectivity index (χ1n) is 4.57. The van der Waals surface area contributed by atoms with E-state index in [0.29, 0.717) is 6.42 Å². The first-order chi connectivity index (χ1) is 6.74. The molecule has 0 radical (unpaired) electrons. The molecule has 0 fully saturated rings. The van der Waals surface area contributed by atoms with Crippen LogP contribution >= 0.6 is 11.3 Å². The van der Waals surface area contributed by atoms with E-state index in [1.807, 2.05) is 0 Å². The van der Waals surface area contributed by atoms with Crippen LogP contribution in [0, 0.1) is 25.2 Å². The van der Waals surface area contributed by atoms with Crippen LogP contribution in [0.4, 0.5) is 0 Å². The van der Waals surface area contributed by atoms with E-state index < -0.39 is 0 Å². The lowest BCUT2D eigenvalue weighted by Gasteiger charge is -2.07. The molecular weight excluding hydrogens is 190 g/mol. The Morgan fingerprint density at radius 1 is 1.43 bits per heavy atom. The number of hydrogen-bond donors (Lipinski definition) is 0. The van der Waals surface area contributed by atoms with Crippen molar-refractivity contribution in [3.8, 4) is 6.07 Å². The Kier molecular flexibility index (Phi) is 2.26. The zero-order valence-corrected chi connectivity index (χ0v) is 9.11. The molecule has 2 aromatic rings. The molecule has 0 aliphatic carbocycles. The van der Waals surface area contributed by atoms with Crippen LogP contribution in [0.1, 0.15) is 16.7 Å². The molecule has 1 aromatic carbocycles. The highest BCUT2D eigenvalue weighted by Crippen LogP contribution is 2.29. The Morgan fingerprint density at radius 2 is 2.21 bits per heavy atom. The van der Waals surface area contributed by atoms with Gasteiger partial charge in [0.2, 0.25) is 0 Å². The smallest absolute Gasteiger partial charge is 0.0670 e. The van der Waals surface area contributed by atoms with E-state index in [-0.39, 0.29) is 0 Å². The largest absolute Gasteiger partial charge is 0.198 e. The lowest BCUT2D eigenvalue weighted by atomic mass is 9.98. The summed E-state index contributed by atoms with van der Waals surface area (Å²) < 4.78 is 1.29. The summed E-state index contributed by atoms with van der Waals surface area (Å²) in [6.45, 7) is 4.20. The van der Waals surface area contributed by atoms with Crippen LogP contribution < -0.4 is 0 Å². The highest BCUT2D eigenvalue weighted by molar-refractivity contribution is 7.17. The summed E-state index contributed by atoms with van der Waals surface area (Å²) in [7, 11) is 0. The highest BCUT2D eigenvalue weighted by Gasteiger charge is 2.07. The van der Waals surface area contributed by atoms with Crippen LogP contribution in [0.5, 0.6) is 0 Å². The molecule has 1 nitrogen and oxygen atoms in total. The number of nitriles is 1. The molecule has 1 aromatic heterocycles. The third kappa shape index (κ3) is 1.30. The van der Waals surface area contributed by atoms with E-state index in [2.05, 4.69) is 37.4 Å². The van der Waals surface area contributed by atoms with E-state index in [4.69, 9.17) is 5.26 Å². The Hall–Kier alpha value is -1.33. The Morgan fingerprint density at radius 3 is 2.93 bits per heavy atom. The molecule has 2 rings (SSSR count). The van der Waals surface area contributed by atoms with Gasteiger partial charge in [-0.1, -0.05) is 0 Å². The number of nitrogens with zero attached hydrogens (tertiary/aromatic N) is 1. The Labute approximate surface area is 87.6 Å². The van der Waals surface area contributed by atoms with E-state index in [1.165, 1.54) is 26.8 Å². The van der Waals surface area contributed by atoms with E-state index in [9.17, 15) is 0 Å². The quantitative estimate of drug-likeness (QED) is 0.691. The molecule has 14 heavy (non-hydrogen) atoms.